The summed E-state index contributed by atoms with van der Waals surface area (Å²) in [7, 11) is 0. The second kappa shape index (κ2) is 4.00. The summed E-state index contributed by atoms with van der Waals surface area (Å²) in [5, 5.41) is 0. The first kappa shape index (κ1) is 11.3. The first-order valence-electron chi connectivity index (χ1n) is 5.12. The maximum absolute atomic E-state index is 13.6. The molecule has 16 heavy (non-hydrogen) atoms. The van der Waals surface area contributed by atoms with Gasteiger partial charge in [-0.25, -0.2) is 4.39 Å². The molecule has 0 saturated carbocycles. The summed E-state index contributed by atoms with van der Waals surface area (Å²) in [5.74, 6) is -0.189. The number of nitrogens with two attached hydrogens (primary N) is 1. The SMILES string of the molecule is CC(C)(N)c1ccc(-c2ccccc2F)s1. The third-order valence-corrected chi connectivity index (χ3v) is 3.84. The molecule has 1 nitrogen and oxygen atoms in total. The van der Waals surface area contributed by atoms with Crippen LogP contribution in [-0.2, 0) is 5.54 Å². The molecule has 0 aliphatic heterocycles. The van der Waals surface area contributed by atoms with E-state index in [1.54, 1.807) is 23.5 Å². The predicted octanol–water partition coefficient (Wildman–Crippen LogP) is 3.75. The van der Waals surface area contributed by atoms with Crippen LogP contribution in [0.1, 0.15) is 18.7 Å². The molecule has 0 saturated heterocycles. The van der Waals surface area contributed by atoms with Gasteiger partial charge in [0.2, 0.25) is 0 Å². The average molecular weight is 235 g/mol. The van der Waals surface area contributed by atoms with Crippen molar-refractivity contribution in [2.75, 3.05) is 0 Å². The van der Waals surface area contributed by atoms with Crippen molar-refractivity contribution in [3.63, 3.8) is 0 Å². The van der Waals surface area contributed by atoms with Crippen molar-refractivity contribution < 1.29 is 4.39 Å². The van der Waals surface area contributed by atoms with E-state index in [9.17, 15) is 4.39 Å². The van der Waals surface area contributed by atoms with Gasteiger partial charge < -0.3 is 5.73 Å². The summed E-state index contributed by atoms with van der Waals surface area (Å²) in [4.78, 5) is 1.98. The molecule has 0 atom stereocenters. The predicted molar refractivity (Wildman–Crippen MR) is 66.9 cm³/mol. The highest BCUT2D eigenvalue weighted by Crippen LogP contribution is 2.33. The molecular formula is C13H14FNS. The Morgan fingerprint density at radius 3 is 2.38 bits per heavy atom. The molecule has 2 N–H and O–H groups in total. The Morgan fingerprint density at radius 2 is 1.81 bits per heavy atom. The van der Waals surface area contributed by atoms with E-state index in [1.165, 1.54) is 6.07 Å². The highest BCUT2D eigenvalue weighted by atomic mass is 32.1. The molecule has 2 aromatic rings. The number of rotatable bonds is 2. The molecule has 1 aromatic heterocycles. The number of halogens is 1. The minimum Gasteiger partial charge on any atom is -0.321 e. The molecule has 1 aromatic carbocycles. The monoisotopic (exact) mass is 235 g/mol. The molecule has 0 amide bonds. The molecule has 3 heteroatoms. The first-order valence-corrected chi connectivity index (χ1v) is 5.94. The lowest BCUT2D eigenvalue weighted by molar-refractivity contribution is 0.567. The van der Waals surface area contributed by atoms with E-state index in [2.05, 4.69) is 0 Å². The summed E-state index contributed by atoms with van der Waals surface area (Å²) in [6, 6.07) is 10.7. The summed E-state index contributed by atoms with van der Waals surface area (Å²) in [5.41, 5.74) is 6.28. The molecule has 0 aliphatic rings. The van der Waals surface area contributed by atoms with Gasteiger partial charge in [-0.15, -0.1) is 11.3 Å². The average Bonchev–Trinajstić information content (AvgIpc) is 2.66. The molecule has 0 bridgehead atoms. The standard InChI is InChI=1S/C13H14FNS/c1-13(2,15)12-8-7-11(16-12)9-5-3-4-6-10(9)14/h3-8H,15H2,1-2H3. The van der Waals surface area contributed by atoms with Crippen LogP contribution in [0.5, 0.6) is 0 Å². The minimum atomic E-state index is -0.367. The van der Waals surface area contributed by atoms with E-state index >= 15 is 0 Å². The topological polar surface area (TPSA) is 26.0 Å². The molecule has 0 unspecified atom stereocenters. The van der Waals surface area contributed by atoms with Gasteiger partial charge in [0, 0.05) is 20.9 Å². The van der Waals surface area contributed by atoms with Crippen LogP contribution in [0, 0.1) is 5.82 Å². The molecule has 1 heterocycles. The highest BCUT2D eigenvalue weighted by molar-refractivity contribution is 7.15. The molecule has 84 valence electrons. The molecule has 0 radical (unpaired) electrons. The van der Waals surface area contributed by atoms with Crippen molar-refractivity contribution in [3.05, 3.63) is 47.1 Å². The van der Waals surface area contributed by atoms with E-state index in [0.29, 0.717) is 5.56 Å². The number of benzene rings is 1. The second-order valence-corrected chi connectivity index (χ2v) is 5.45. The third kappa shape index (κ3) is 2.15. The fourth-order valence-corrected chi connectivity index (χ4v) is 2.54. The van der Waals surface area contributed by atoms with E-state index in [0.717, 1.165) is 9.75 Å². The maximum atomic E-state index is 13.6. The van der Waals surface area contributed by atoms with E-state index in [4.69, 9.17) is 5.73 Å². The number of hydrogen-bond acceptors (Lipinski definition) is 2. The lowest BCUT2D eigenvalue weighted by Gasteiger charge is -2.15. The Kier molecular flexibility index (Phi) is 2.82. The van der Waals surface area contributed by atoms with Crippen molar-refractivity contribution in [2.24, 2.45) is 5.73 Å². The summed E-state index contributed by atoms with van der Waals surface area (Å²) in [6.07, 6.45) is 0. The lowest BCUT2D eigenvalue weighted by Crippen LogP contribution is -2.27. The Morgan fingerprint density at radius 1 is 1.12 bits per heavy atom. The van der Waals surface area contributed by atoms with Gasteiger partial charge in [0.25, 0.3) is 0 Å². The van der Waals surface area contributed by atoms with E-state index in [-0.39, 0.29) is 11.4 Å². The second-order valence-electron chi connectivity index (χ2n) is 4.37. The lowest BCUT2D eigenvalue weighted by atomic mass is 10.1. The van der Waals surface area contributed by atoms with Crippen LogP contribution in [-0.4, -0.2) is 0 Å². The van der Waals surface area contributed by atoms with Gasteiger partial charge in [-0.3, -0.25) is 0 Å². The van der Waals surface area contributed by atoms with Crippen LogP contribution in [0.15, 0.2) is 36.4 Å². The summed E-state index contributed by atoms with van der Waals surface area (Å²) < 4.78 is 13.6. The third-order valence-electron chi connectivity index (χ3n) is 2.38. The summed E-state index contributed by atoms with van der Waals surface area (Å²) in [6.45, 7) is 3.90. The smallest absolute Gasteiger partial charge is 0.131 e. The fourth-order valence-electron chi connectivity index (χ4n) is 1.49. The van der Waals surface area contributed by atoms with Crippen LogP contribution in [0.2, 0.25) is 0 Å². The molecule has 0 aliphatic carbocycles. The zero-order valence-corrected chi connectivity index (χ0v) is 10.1. The zero-order chi connectivity index (χ0) is 11.8. The molecule has 0 fully saturated rings. The first-order chi connectivity index (χ1) is 7.48. The van der Waals surface area contributed by atoms with Crippen LogP contribution in [0.25, 0.3) is 10.4 Å². The Balaban J connectivity index is 2.44. The van der Waals surface area contributed by atoms with Crippen LogP contribution in [0.3, 0.4) is 0 Å². The van der Waals surface area contributed by atoms with Crippen molar-refractivity contribution in [2.45, 2.75) is 19.4 Å². The van der Waals surface area contributed by atoms with Crippen LogP contribution in [0.4, 0.5) is 4.39 Å². The van der Waals surface area contributed by atoms with Gasteiger partial charge in [-0.05, 0) is 32.0 Å². The van der Waals surface area contributed by atoms with Crippen LogP contribution < -0.4 is 5.73 Å². The van der Waals surface area contributed by atoms with Crippen molar-refractivity contribution in [1.29, 1.82) is 0 Å². The van der Waals surface area contributed by atoms with Gasteiger partial charge in [-0.2, -0.15) is 0 Å². The van der Waals surface area contributed by atoms with Gasteiger partial charge in [0.05, 0.1) is 0 Å². The molecule has 2 rings (SSSR count). The van der Waals surface area contributed by atoms with Crippen molar-refractivity contribution in [1.82, 2.24) is 0 Å². The molecule has 0 spiro atoms. The largest absolute Gasteiger partial charge is 0.321 e. The normalized spacial score (nSPS) is 11.8. The van der Waals surface area contributed by atoms with Gasteiger partial charge in [-0.1, -0.05) is 18.2 Å². The highest BCUT2D eigenvalue weighted by Gasteiger charge is 2.17. The van der Waals surface area contributed by atoms with Crippen molar-refractivity contribution >= 4 is 11.3 Å². The zero-order valence-electron chi connectivity index (χ0n) is 9.33. The Hall–Kier alpha value is -1.19. The van der Waals surface area contributed by atoms with E-state index < -0.39 is 0 Å². The maximum Gasteiger partial charge on any atom is 0.131 e. The van der Waals surface area contributed by atoms with Crippen molar-refractivity contribution in [3.8, 4) is 10.4 Å². The van der Waals surface area contributed by atoms with Gasteiger partial charge in [0.1, 0.15) is 5.82 Å². The van der Waals surface area contributed by atoms with Gasteiger partial charge >= 0.3 is 0 Å². The number of hydrogen-bond donors (Lipinski definition) is 1. The molecular weight excluding hydrogens is 221 g/mol. The quantitative estimate of drug-likeness (QED) is 0.843. The summed E-state index contributed by atoms with van der Waals surface area (Å²) >= 11 is 1.54. The van der Waals surface area contributed by atoms with Crippen LogP contribution >= 0.6 is 11.3 Å². The minimum absolute atomic E-state index is 0.189. The number of thiophene rings is 1. The van der Waals surface area contributed by atoms with E-state index in [1.807, 2.05) is 32.0 Å². The Bertz CT molecular complexity index is 497. The van der Waals surface area contributed by atoms with Gasteiger partial charge in [0.15, 0.2) is 0 Å². The fraction of sp³-hybridized carbons (Fsp3) is 0.231. The Labute approximate surface area is 98.7 Å².